The van der Waals surface area contributed by atoms with Gasteiger partial charge in [-0.15, -0.1) is 0 Å². The Balaban J connectivity index is 2.38. The summed E-state index contributed by atoms with van der Waals surface area (Å²) in [5.41, 5.74) is 2.27. The molecule has 1 aromatic carbocycles. The minimum Gasteiger partial charge on any atom is -0.478 e. The van der Waals surface area contributed by atoms with Gasteiger partial charge in [-0.25, -0.2) is 9.78 Å². The third-order valence-corrected chi connectivity index (χ3v) is 3.78. The van der Waals surface area contributed by atoms with Crippen LogP contribution in [0.25, 0.3) is 0 Å². The van der Waals surface area contributed by atoms with Crippen LogP contribution in [0, 0.1) is 6.92 Å². The molecule has 0 saturated heterocycles. The normalized spacial score (nSPS) is 10.8. The number of aryl methyl sites for hydroxylation is 1. The fraction of sp³-hybridized carbons (Fsp3) is 0.250. The number of carbonyl (C=O) groups is 1. The van der Waals surface area contributed by atoms with Crippen LogP contribution in [0.2, 0.25) is 0 Å². The summed E-state index contributed by atoms with van der Waals surface area (Å²) in [5.74, 6) is -0.716. The van der Waals surface area contributed by atoms with Gasteiger partial charge in [-0.3, -0.25) is 0 Å². The van der Waals surface area contributed by atoms with Gasteiger partial charge in [-0.2, -0.15) is 0 Å². The van der Waals surface area contributed by atoms with Crippen LogP contribution in [-0.2, 0) is 0 Å². The molecule has 2 aromatic rings. The molecule has 104 valence electrons. The molecule has 0 bridgehead atoms. The van der Waals surface area contributed by atoms with Gasteiger partial charge < -0.3 is 5.11 Å². The van der Waals surface area contributed by atoms with Crippen molar-refractivity contribution < 1.29 is 9.90 Å². The van der Waals surface area contributed by atoms with E-state index in [-0.39, 0.29) is 5.92 Å². The van der Waals surface area contributed by atoms with Crippen LogP contribution in [0.5, 0.6) is 0 Å². The van der Waals surface area contributed by atoms with Gasteiger partial charge in [-0.05, 0) is 37.1 Å². The minimum atomic E-state index is -0.916. The van der Waals surface area contributed by atoms with Crippen molar-refractivity contribution in [1.82, 2.24) is 4.98 Å². The molecular formula is C16H17NO2S. The van der Waals surface area contributed by atoms with Crippen molar-refractivity contribution in [2.24, 2.45) is 0 Å². The van der Waals surface area contributed by atoms with Crippen LogP contribution < -0.4 is 0 Å². The lowest BCUT2D eigenvalue weighted by Gasteiger charge is -2.09. The number of pyridine rings is 1. The molecular weight excluding hydrogens is 270 g/mol. The minimum absolute atomic E-state index is 0.200. The van der Waals surface area contributed by atoms with E-state index in [0.717, 1.165) is 15.6 Å². The molecule has 0 atom stereocenters. The van der Waals surface area contributed by atoms with Crippen LogP contribution in [0.1, 0.15) is 41.4 Å². The molecule has 0 aliphatic heterocycles. The molecule has 2 rings (SSSR count). The third-order valence-electron chi connectivity index (χ3n) is 2.87. The summed E-state index contributed by atoms with van der Waals surface area (Å²) in [7, 11) is 0. The molecule has 1 aromatic heterocycles. The Labute approximate surface area is 123 Å². The number of aromatic carboxylic acids is 1. The number of aromatic nitrogens is 1. The zero-order valence-corrected chi connectivity index (χ0v) is 12.6. The van der Waals surface area contributed by atoms with Crippen molar-refractivity contribution >= 4 is 17.7 Å². The largest absolute Gasteiger partial charge is 0.478 e. The summed E-state index contributed by atoms with van der Waals surface area (Å²) in [6.07, 6.45) is 0. The van der Waals surface area contributed by atoms with E-state index >= 15 is 0 Å². The van der Waals surface area contributed by atoms with E-state index in [0.29, 0.717) is 5.56 Å². The molecule has 0 saturated carbocycles. The van der Waals surface area contributed by atoms with Gasteiger partial charge in [0.05, 0.1) is 5.56 Å². The van der Waals surface area contributed by atoms with E-state index in [1.165, 1.54) is 17.3 Å². The van der Waals surface area contributed by atoms with Gasteiger partial charge >= 0.3 is 5.97 Å². The van der Waals surface area contributed by atoms with Crippen LogP contribution in [-0.4, -0.2) is 16.1 Å². The fourth-order valence-electron chi connectivity index (χ4n) is 1.80. The molecule has 1 N–H and O–H groups in total. The zero-order chi connectivity index (χ0) is 14.7. The van der Waals surface area contributed by atoms with Crippen molar-refractivity contribution in [2.45, 2.75) is 36.6 Å². The van der Waals surface area contributed by atoms with E-state index in [2.05, 4.69) is 11.1 Å². The summed E-state index contributed by atoms with van der Waals surface area (Å²) in [6, 6.07) is 11.4. The molecule has 0 unspecified atom stereocenters. The van der Waals surface area contributed by atoms with Crippen molar-refractivity contribution in [3.05, 3.63) is 53.2 Å². The predicted octanol–water partition coefficient (Wildman–Crippen LogP) is 4.36. The highest BCUT2D eigenvalue weighted by atomic mass is 32.2. The Kier molecular flexibility index (Phi) is 4.45. The highest BCUT2D eigenvalue weighted by Crippen LogP contribution is 2.29. The lowest BCUT2D eigenvalue weighted by molar-refractivity contribution is 0.0696. The zero-order valence-electron chi connectivity index (χ0n) is 11.8. The lowest BCUT2D eigenvalue weighted by atomic mass is 10.1. The van der Waals surface area contributed by atoms with Crippen molar-refractivity contribution in [1.29, 1.82) is 0 Å². The molecule has 0 aliphatic rings. The summed E-state index contributed by atoms with van der Waals surface area (Å²) in [6.45, 7) is 6.05. The van der Waals surface area contributed by atoms with Gasteiger partial charge in [0.2, 0.25) is 0 Å². The Morgan fingerprint density at radius 3 is 2.60 bits per heavy atom. The Morgan fingerprint density at radius 2 is 2.00 bits per heavy atom. The molecule has 0 radical (unpaired) electrons. The summed E-state index contributed by atoms with van der Waals surface area (Å²) in [4.78, 5) is 16.8. The molecule has 0 amide bonds. The monoisotopic (exact) mass is 287 g/mol. The molecule has 0 fully saturated rings. The molecule has 0 aliphatic carbocycles. The van der Waals surface area contributed by atoms with E-state index in [9.17, 15) is 9.90 Å². The smallest absolute Gasteiger partial charge is 0.335 e. The highest BCUT2D eigenvalue weighted by Gasteiger charge is 2.11. The summed E-state index contributed by atoms with van der Waals surface area (Å²) >= 11 is 1.49. The first-order valence-electron chi connectivity index (χ1n) is 6.45. The van der Waals surface area contributed by atoms with Gasteiger partial charge in [0.15, 0.2) is 0 Å². The SMILES string of the molecule is Cc1cccc(Sc2cc(C(=O)O)cc(C(C)C)n2)c1. The standard InChI is InChI=1S/C16H17NO2S/c1-10(2)14-8-12(16(18)19)9-15(17-14)20-13-6-4-5-11(3)7-13/h4-10H,1-3H3,(H,18,19). The van der Waals surface area contributed by atoms with E-state index in [1.807, 2.05) is 39.0 Å². The Bertz CT molecular complexity index is 638. The van der Waals surface area contributed by atoms with E-state index in [4.69, 9.17) is 0 Å². The number of carboxylic acid groups (broad SMARTS) is 1. The van der Waals surface area contributed by atoms with E-state index < -0.39 is 5.97 Å². The number of hydrogen-bond acceptors (Lipinski definition) is 3. The van der Waals surface area contributed by atoms with Crippen LogP contribution in [0.3, 0.4) is 0 Å². The first-order valence-corrected chi connectivity index (χ1v) is 7.27. The molecule has 0 spiro atoms. The Morgan fingerprint density at radius 1 is 1.25 bits per heavy atom. The maximum Gasteiger partial charge on any atom is 0.335 e. The number of hydrogen-bond donors (Lipinski definition) is 1. The highest BCUT2D eigenvalue weighted by molar-refractivity contribution is 7.99. The predicted molar refractivity (Wildman–Crippen MR) is 80.6 cm³/mol. The molecule has 1 heterocycles. The maximum atomic E-state index is 11.2. The van der Waals surface area contributed by atoms with Crippen LogP contribution in [0.4, 0.5) is 0 Å². The Hall–Kier alpha value is -1.81. The van der Waals surface area contributed by atoms with Gasteiger partial charge in [0.25, 0.3) is 0 Å². The van der Waals surface area contributed by atoms with Gasteiger partial charge in [0, 0.05) is 10.6 Å². The third kappa shape index (κ3) is 3.61. The second kappa shape index (κ2) is 6.09. The quantitative estimate of drug-likeness (QED) is 0.907. The lowest BCUT2D eigenvalue weighted by Crippen LogP contribution is -2.02. The maximum absolute atomic E-state index is 11.2. The summed E-state index contributed by atoms with van der Waals surface area (Å²) in [5, 5.41) is 9.91. The summed E-state index contributed by atoms with van der Waals surface area (Å²) < 4.78 is 0. The van der Waals surface area contributed by atoms with Crippen LogP contribution in [0.15, 0.2) is 46.3 Å². The number of rotatable bonds is 4. The average Bonchev–Trinajstić information content (AvgIpc) is 2.38. The van der Waals surface area contributed by atoms with Gasteiger partial charge in [-0.1, -0.05) is 43.3 Å². The van der Waals surface area contributed by atoms with Gasteiger partial charge in [0.1, 0.15) is 5.03 Å². The van der Waals surface area contributed by atoms with Crippen molar-refractivity contribution in [3.8, 4) is 0 Å². The first kappa shape index (κ1) is 14.6. The molecule has 3 nitrogen and oxygen atoms in total. The van der Waals surface area contributed by atoms with Crippen LogP contribution >= 0.6 is 11.8 Å². The number of nitrogens with zero attached hydrogens (tertiary/aromatic N) is 1. The molecule has 4 heteroatoms. The second-order valence-corrected chi connectivity index (χ2v) is 6.09. The van der Waals surface area contributed by atoms with Crippen molar-refractivity contribution in [2.75, 3.05) is 0 Å². The number of carboxylic acids is 1. The van der Waals surface area contributed by atoms with Crippen molar-refractivity contribution in [3.63, 3.8) is 0 Å². The average molecular weight is 287 g/mol. The first-order chi connectivity index (χ1) is 9.45. The topological polar surface area (TPSA) is 50.2 Å². The molecule has 20 heavy (non-hydrogen) atoms. The number of benzene rings is 1. The fourth-order valence-corrected chi connectivity index (χ4v) is 2.77. The second-order valence-electron chi connectivity index (χ2n) is 5.00. The van der Waals surface area contributed by atoms with E-state index in [1.54, 1.807) is 12.1 Å².